The average molecular weight is 418 g/mol. The summed E-state index contributed by atoms with van der Waals surface area (Å²) in [7, 11) is 3.10. The molecular formula is C25H26N2O4. The number of carbonyl (C=O) groups excluding carboxylic acids is 1. The van der Waals surface area contributed by atoms with E-state index in [1.165, 1.54) is 6.21 Å². The highest BCUT2D eigenvalue weighted by Crippen LogP contribution is 2.31. The van der Waals surface area contributed by atoms with Gasteiger partial charge in [-0.15, -0.1) is 0 Å². The molecule has 3 aromatic carbocycles. The summed E-state index contributed by atoms with van der Waals surface area (Å²) in [5.74, 6) is 0.488. The highest BCUT2D eigenvalue weighted by atomic mass is 16.5. The molecule has 0 radical (unpaired) electrons. The van der Waals surface area contributed by atoms with E-state index < -0.39 is 11.5 Å². The number of aliphatic hydroxyl groups is 1. The number of rotatable bonds is 7. The number of nitrogens with zero attached hydrogens (tertiary/aromatic N) is 1. The number of amides is 1. The lowest BCUT2D eigenvalue weighted by molar-refractivity contribution is -0.136. The summed E-state index contributed by atoms with van der Waals surface area (Å²) in [5, 5.41) is 15.6. The van der Waals surface area contributed by atoms with E-state index in [4.69, 9.17) is 9.47 Å². The standard InChI is InChI=1S/C25H26N2O4/c1-17-5-10-20(11-6-17)25(29,21-12-7-18(2)8-13-21)24(28)27-26-16-19-9-14-22(30-3)23(15-19)31-4/h5-16,29H,1-4H3,(H,27,28). The minimum atomic E-state index is -1.89. The van der Waals surface area contributed by atoms with Crippen molar-refractivity contribution in [2.24, 2.45) is 5.10 Å². The number of aryl methyl sites for hydroxylation is 2. The molecule has 3 aromatic rings. The molecule has 0 saturated heterocycles. The molecule has 0 aromatic heterocycles. The van der Waals surface area contributed by atoms with Gasteiger partial charge in [0.1, 0.15) is 0 Å². The van der Waals surface area contributed by atoms with Crippen LogP contribution in [-0.4, -0.2) is 31.4 Å². The number of carbonyl (C=O) groups is 1. The normalized spacial score (nSPS) is 11.4. The summed E-state index contributed by atoms with van der Waals surface area (Å²) in [6.45, 7) is 3.89. The van der Waals surface area contributed by atoms with Crippen molar-refractivity contribution in [1.82, 2.24) is 5.43 Å². The highest BCUT2D eigenvalue weighted by Gasteiger charge is 2.40. The third-order valence-corrected chi connectivity index (χ3v) is 5.05. The van der Waals surface area contributed by atoms with Crippen LogP contribution in [0.1, 0.15) is 27.8 Å². The predicted molar refractivity (Wildman–Crippen MR) is 121 cm³/mol. The fourth-order valence-electron chi connectivity index (χ4n) is 3.20. The summed E-state index contributed by atoms with van der Waals surface area (Å²) in [5.41, 5.74) is 4.26. The van der Waals surface area contributed by atoms with E-state index >= 15 is 0 Å². The van der Waals surface area contributed by atoms with E-state index in [0.29, 0.717) is 28.2 Å². The van der Waals surface area contributed by atoms with Gasteiger partial charge in [0.2, 0.25) is 0 Å². The molecule has 0 heterocycles. The summed E-state index contributed by atoms with van der Waals surface area (Å²) in [6, 6.07) is 19.7. The van der Waals surface area contributed by atoms with Gasteiger partial charge < -0.3 is 14.6 Å². The smallest absolute Gasteiger partial charge is 0.281 e. The van der Waals surface area contributed by atoms with E-state index in [1.807, 2.05) is 38.1 Å². The molecular weight excluding hydrogens is 392 g/mol. The lowest BCUT2D eigenvalue weighted by Crippen LogP contribution is -2.43. The molecule has 0 saturated carbocycles. The Morgan fingerprint density at radius 3 is 1.87 bits per heavy atom. The van der Waals surface area contributed by atoms with Crippen molar-refractivity contribution in [2.75, 3.05) is 14.2 Å². The van der Waals surface area contributed by atoms with E-state index in [1.54, 1.807) is 56.7 Å². The first-order valence-electron chi connectivity index (χ1n) is 9.80. The Morgan fingerprint density at radius 1 is 0.871 bits per heavy atom. The molecule has 0 unspecified atom stereocenters. The predicted octanol–water partition coefficient (Wildman–Crippen LogP) is 3.71. The van der Waals surface area contributed by atoms with Crippen molar-refractivity contribution in [3.63, 3.8) is 0 Å². The number of hydrogen-bond acceptors (Lipinski definition) is 5. The van der Waals surface area contributed by atoms with Crippen molar-refractivity contribution in [2.45, 2.75) is 19.4 Å². The van der Waals surface area contributed by atoms with E-state index in [2.05, 4.69) is 10.5 Å². The highest BCUT2D eigenvalue weighted by molar-refractivity contribution is 5.91. The first-order valence-corrected chi connectivity index (χ1v) is 9.80. The van der Waals surface area contributed by atoms with Crippen LogP contribution >= 0.6 is 0 Å². The molecule has 0 aliphatic heterocycles. The number of hydrogen-bond donors (Lipinski definition) is 2. The summed E-state index contributed by atoms with van der Waals surface area (Å²) in [6.07, 6.45) is 1.48. The molecule has 0 fully saturated rings. The first-order chi connectivity index (χ1) is 14.9. The van der Waals surface area contributed by atoms with Crippen LogP contribution in [0, 0.1) is 13.8 Å². The second kappa shape index (κ2) is 9.45. The Balaban J connectivity index is 1.89. The topological polar surface area (TPSA) is 80.2 Å². The second-order valence-corrected chi connectivity index (χ2v) is 7.26. The number of benzene rings is 3. The van der Waals surface area contributed by atoms with Gasteiger partial charge >= 0.3 is 0 Å². The Morgan fingerprint density at radius 2 is 1.39 bits per heavy atom. The molecule has 3 rings (SSSR count). The van der Waals surface area contributed by atoms with Gasteiger partial charge in [0.15, 0.2) is 17.1 Å². The zero-order chi connectivity index (χ0) is 22.4. The summed E-state index contributed by atoms with van der Waals surface area (Å²) in [4.78, 5) is 13.1. The van der Waals surface area contributed by atoms with Gasteiger partial charge in [0.05, 0.1) is 20.4 Å². The summed E-state index contributed by atoms with van der Waals surface area (Å²) >= 11 is 0. The van der Waals surface area contributed by atoms with E-state index in [0.717, 1.165) is 11.1 Å². The van der Waals surface area contributed by atoms with Crippen molar-refractivity contribution in [3.05, 3.63) is 94.5 Å². The second-order valence-electron chi connectivity index (χ2n) is 7.26. The fourth-order valence-corrected chi connectivity index (χ4v) is 3.20. The van der Waals surface area contributed by atoms with Crippen LogP contribution in [0.25, 0.3) is 0 Å². The zero-order valence-electron chi connectivity index (χ0n) is 18.0. The van der Waals surface area contributed by atoms with Crippen LogP contribution in [0.15, 0.2) is 71.8 Å². The minimum absolute atomic E-state index is 0.459. The van der Waals surface area contributed by atoms with Gasteiger partial charge in [0, 0.05) is 0 Å². The quantitative estimate of drug-likeness (QED) is 0.453. The van der Waals surface area contributed by atoms with Gasteiger partial charge in [-0.3, -0.25) is 4.79 Å². The Bertz CT molecular complexity index is 1030. The lowest BCUT2D eigenvalue weighted by Gasteiger charge is -2.27. The Hall–Kier alpha value is -3.64. The Labute approximate surface area is 182 Å². The molecule has 0 spiro atoms. The monoisotopic (exact) mass is 418 g/mol. The molecule has 0 aliphatic rings. The zero-order valence-corrected chi connectivity index (χ0v) is 18.0. The van der Waals surface area contributed by atoms with Gasteiger partial charge in [-0.25, -0.2) is 5.43 Å². The van der Waals surface area contributed by atoms with Crippen LogP contribution in [0.3, 0.4) is 0 Å². The van der Waals surface area contributed by atoms with Gasteiger partial charge in [-0.1, -0.05) is 59.7 Å². The lowest BCUT2D eigenvalue weighted by atomic mass is 9.85. The molecule has 0 bridgehead atoms. The third-order valence-electron chi connectivity index (χ3n) is 5.05. The molecule has 6 nitrogen and oxygen atoms in total. The largest absolute Gasteiger partial charge is 0.493 e. The molecule has 1 amide bonds. The van der Waals surface area contributed by atoms with Crippen LogP contribution in [0.2, 0.25) is 0 Å². The minimum Gasteiger partial charge on any atom is -0.493 e. The number of methoxy groups -OCH3 is 2. The molecule has 6 heteroatoms. The van der Waals surface area contributed by atoms with Crippen molar-refractivity contribution < 1.29 is 19.4 Å². The summed E-state index contributed by atoms with van der Waals surface area (Å²) < 4.78 is 10.5. The van der Waals surface area contributed by atoms with E-state index in [9.17, 15) is 9.90 Å². The van der Waals surface area contributed by atoms with Gasteiger partial charge in [-0.2, -0.15) is 5.10 Å². The van der Waals surface area contributed by atoms with Crippen LogP contribution < -0.4 is 14.9 Å². The molecule has 160 valence electrons. The van der Waals surface area contributed by atoms with Crippen molar-refractivity contribution in [1.29, 1.82) is 0 Å². The SMILES string of the molecule is COc1ccc(C=NNC(=O)C(O)(c2ccc(C)cc2)c2ccc(C)cc2)cc1OC. The Kier molecular flexibility index (Phi) is 6.72. The van der Waals surface area contributed by atoms with Gasteiger partial charge in [0.25, 0.3) is 5.91 Å². The maximum absolute atomic E-state index is 13.1. The third kappa shape index (κ3) is 4.75. The van der Waals surface area contributed by atoms with Crippen LogP contribution in [-0.2, 0) is 10.4 Å². The molecule has 2 N–H and O–H groups in total. The van der Waals surface area contributed by atoms with Crippen molar-refractivity contribution in [3.8, 4) is 11.5 Å². The van der Waals surface area contributed by atoms with Gasteiger partial charge in [-0.05, 0) is 48.7 Å². The first kappa shape index (κ1) is 22.1. The molecule has 0 aliphatic carbocycles. The molecule has 31 heavy (non-hydrogen) atoms. The fraction of sp³-hybridized carbons (Fsp3) is 0.200. The molecule has 0 atom stereocenters. The maximum Gasteiger partial charge on any atom is 0.281 e. The van der Waals surface area contributed by atoms with Crippen LogP contribution in [0.5, 0.6) is 11.5 Å². The number of nitrogens with one attached hydrogen (secondary N) is 1. The van der Waals surface area contributed by atoms with Crippen LogP contribution in [0.4, 0.5) is 0 Å². The number of ether oxygens (including phenoxy) is 2. The van der Waals surface area contributed by atoms with Crippen molar-refractivity contribution >= 4 is 12.1 Å². The number of hydrazone groups is 1. The average Bonchev–Trinajstić information content (AvgIpc) is 2.79. The van der Waals surface area contributed by atoms with E-state index in [-0.39, 0.29) is 0 Å². The maximum atomic E-state index is 13.1.